The lowest BCUT2D eigenvalue weighted by Crippen LogP contribution is -2.41. The van der Waals surface area contributed by atoms with Crippen molar-refractivity contribution in [2.75, 3.05) is 13.1 Å². The summed E-state index contributed by atoms with van der Waals surface area (Å²) in [4.78, 5) is 14.4. The van der Waals surface area contributed by atoms with Gasteiger partial charge in [0.2, 0.25) is 0 Å². The van der Waals surface area contributed by atoms with Gasteiger partial charge in [-0.2, -0.15) is 0 Å². The van der Waals surface area contributed by atoms with Gasteiger partial charge in [0.25, 0.3) is 0 Å². The van der Waals surface area contributed by atoms with Gasteiger partial charge in [-0.15, -0.1) is 0 Å². The molecule has 1 aliphatic rings. The summed E-state index contributed by atoms with van der Waals surface area (Å²) in [5.74, 6) is 0.116. The smallest absolute Gasteiger partial charge is 0.178 e. The molecule has 0 aromatic heterocycles. The molecule has 0 spiro atoms. The number of Topliss-reactive ketones (excluding diaryl/α,β-unsaturated/α-hetero) is 1. The quantitative estimate of drug-likeness (QED) is 0.768. The van der Waals surface area contributed by atoms with E-state index in [1.807, 2.05) is 12.1 Å². The fourth-order valence-electron chi connectivity index (χ4n) is 2.40. The van der Waals surface area contributed by atoms with Gasteiger partial charge in [-0.25, -0.2) is 0 Å². The summed E-state index contributed by atoms with van der Waals surface area (Å²) < 4.78 is 0. The molecule has 1 aromatic carbocycles. The van der Waals surface area contributed by atoms with E-state index >= 15 is 0 Å². The zero-order valence-electron chi connectivity index (χ0n) is 10.4. The van der Waals surface area contributed by atoms with Gasteiger partial charge in [-0.05, 0) is 45.4 Å². The number of nitrogens with zero attached hydrogens (tertiary/aromatic N) is 1. The van der Waals surface area contributed by atoms with Crippen LogP contribution in [-0.2, 0) is 0 Å². The fourth-order valence-corrected chi connectivity index (χ4v) is 2.64. The van der Waals surface area contributed by atoms with Gasteiger partial charge < -0.3 is 0 Å². The van der Waals surface area contributed by atoms with Crippen molar-refractivity contribution in [3.8, 4) is 0 Å². The standard InChI is InChI=1S/C14H18ClNO/c1-14(2)8-5-9-16(14)10-13(17)11-6-3-4-7-12(11)15/h3-4,6-7H,5,8-10H2,1-2H3. The van der Waals surface area contributed by atoms with Crippen LogP contribution in [0.3, 0.4) is 0 Å². The van der Waals surface area contributed by atoms with Crippen LogP contribution in [0.1, 0.15) is 37.0 Å². The summed E-state index contributed by atoms with van der Waals surface area (Å²) in [7, 11) is 0. The zero-order valence-corrected chi connectivity index (χ0v) is 11.1. The first-order valence-electron chi connectivity index (χ1n) is 6.03. The molecule has 1 saturated heterocycles. The first-order valence-corrected chi connectivity index (χ1v) is 6.41. The van der Waals surface area contributed by atoms with Crippen LogP contribution in [0.4, 0.5) is 0 Å². The highest BCUT2D eigenvalue weighted by atomic mass is 35.5. The molecule has 0 bridgehead atoms. The number of hydrogen-bond donors (Lipinski definition) is 0. The second kappa shape index (κ2) is 4.79. The molecule has 2 nitrogen and oxygen atoms in total. The molecule has 0 N–H and O–H groups in total. The van der Waals surface area contributed by atoms with Gasteiger partial charge in [0.05, 0.1) is 11.6 Å². The molecule has 1 aromatic rings. The van der Waals surface area contributed by atoms with E-state index in [9.17, 15) is 4.79 Å². The highest BCUT2D eigenvalue weighted by Crippen LogP contribution is 2.28. The lowest BCUT2D eigenvalue weighted by Gasteiger charge is -2.30. The van der Waals surface area contributed by atoms with Gasteiger partial charge in [-0.1, -0.05) is 23.7 Å². The third kappa shape index (κ3) is 2.70. The SMILES string of the molecule is CC1(C)CCCN1CC(=O)c1ccccc1Cl. The Balaban J connectivity index is 2.10. The zero-order chi connectivity index (χ0) is 12.5. The van der Waals surface area contributed by atoms with Gasteiger partial charge >= 0.3 is 0 Å². The van der Waals surface area contributed by atoms with Gasteiger partial charge in [-0.3, -0.25) is 9.69 Å². The van der Waals surface area contributed by atoms with Gasteiger partial charge in [0.15, 0.2) is 5.78 Å². The molecular weight excluding hydrogens is 234 g/mol. The van der Waals surface area contributed by atoms with Crippen LogP contribution in [0.15, 0.2) is 24.3 Å². The minimum atomic E-state index is 0.116. The van der Waals surface area contributed by atoms with Crippen molar-refractivity contribution in [1.82, 2.24) is 4.90 Å². The van der Waals surface area contributed by atoms with Crippen molar-refractivity contribution in [2.45, 2.75) is 32.2 Å². The highest BCUT2D eigenvalue weighted by Gasteiger charge is 2.33. The number of rotatable bonds is 3. The Kier molecular flexibility index (Phi) is 3.55. The second-order valence-electron chi connectivity index (χ2n) is 5.24. The maximum atomic E-state index is 12.2. The van der Waals surface area contributed by atoms with E-state index in [2.05, 4.69) is 18.7 Å². The van der Waals surface area contributed by atoms with Crippen LogP contribution in [-0.4, -0.2) is 29.3 Å². The Morgan fingerprint density at radius 3 is 2.71 bits per heavy atom. The second-order valence-corrected chi connectivity index (χ2v) is 5.65. The normalized spacial score (nSPS) is 19.5. The first kappa shape index (κ1) is 12.6. The third-order valence-corrected chi connectivity index (χ3v) is 3.91. The van der Waals surface area contributed by atoms with Crippen molar-refractivity contribution in [3.63, 3.8) is 0 Å². The van der Waals surface area contributed by atoms with Crippen molar-refractivity contribution < 1.29 is 4.79 Å². The molecule has 3 heteroatoms. The van der Waals surface area contributed by atoms with E-state index in [0.29, 0.717) is 17.1 Å². The molecule has 0 amide bonds. The topological polar surface area (TPSA) is 20.3 Å². The number of carbonyl (C=O) groups excluding carboxylic acids is 1. The van der Waals surface area contributed by atoms with E-state index in [4.69, 9.17) is 11.6 Å². The Hall–Kier alpha value is -0.860. The summed E-state index contributed by atoms with van der Waals surface area (Å²) in [6.45, 7) is 5.86. The third-order valence-electron chi connectivity index (χ3n) is 3.58. The van der Waals surface area contributed by atoms with E-state index < -0.39 is 0 Å². The molecule has 1 heterocycles. The molecule has 0 atom stereocenters. The molecule has 0 aliphatic carbocycles. The molecule has 0 saturated carbocycles. The molecule has 1 fully saturated rings. The highest BCUT2D eigenvalue weighted by molar-refractivity contribution is 6.34. The van der Waals surface area contributed by atoms with E-state index in [1.165, 1.54) is 6.42 Å². The first-order chi connectivity index (χ1) is 8.00. The van der Waals surface area contributed by atoms with Crippen LogP contribution in [0.5, 0.6) is 0 Å². The van der Waals surface area contributed by atoms with Crippen LogP contribution in [0.25, 0.3) is 0 Å². The number of ketones is 1. The summed E-state index contributed by atoms with van der Waals surface area (Å²) in [6, 6.07) is 7.27. The Bertz CT molecular complexity index is 428. The van der Waals surface area contributed by atoms with Crippen molar-refractivity contribution in [2.24, 2.45) is 0 Å². The maximum absolute atomic E-state index is 12.2. The minimum absolute atomic E-state index is 0.116. The van der Waals surface area contributed by atoms with Crippen molar-refractivity contribution in [3.05, 3.63) is 34.9 Å². The Morgan fingerprint density at radius 1 is 1.41 bits per heavy atom. The number of likely N-dealkylation sites (tertiary alicyclic amines) is 1. The molecule has 2 rings (SSSR count). The van der Waals surface area contributed by atoms with Gasteiger partial charge in [0.1, 0.15) is 0 Å². The largest absolute Gasteiger partial charge is 0.293 e. The predicted molar refractivity (Wildman–Crippen MR) is 70.7 cm³/mol. The van der Waals surface area contributed by atoms with E-state index in [-0.39, 0.29) is 11.3 Å². The summed E-state index contributed by atoms with van der Waals surface area (Å²) >= 11 is 6.04. The predicted octanol–water partition coefficient (Wildman–Crippen LogP) is 3.40. The maximum Gasteiger partial charge on any atom is 0.178 e. The molecule has 17 heavy (non-hydrogen) atoms. The number of carbonyl (C=O) groups is 1. The van der Waals surface area contributed by atoms with Crippen molar-refractivity contribution in [1.29, 1.82) is 0 Å². The summed E-state index contributed by atoms with van der Waals surface area (Å²) in [5, 5.41) is 0.550. The lowest BCUT2D eigenvalue weighted by molar-refractivity contribution is 0.0871. The molecular formula is C14H18ClNO. The van der Waals surface area contributed by atoms with Crippen LogP contribution in [0.2, 0.25) is 5.02 Å². The molecule has 0 unspecified atom stereocenters. The fraction of sp³-hybridized carbons (Fsp3) is 0.500. The summed E-state index contributed by atoms with van der Waals surface area (Å²) in [6.07, 6.45) is 2.33. The van der Waals surface area contributed by atoms with Crippen molar-refractivity contribution >= 4 is 17.4 Å². The van der Waals surface area contributed by atoms with Gasteiger partial charge in [0, 0.05) is 11.1 Å². The Labute approximate surface area is 108 Å². The van der Waals surface area contributed by atoms with Crippen LogP contribution >= 0.6 is 11.6 Å². The van der Waals surface area contributed by atoms with E-state index in [0.717, 1.165) is 13.0 Å². The lowest BCUT2D eigenvalue weighted by atomic mass is 10.0. The molecule has 0 radical (unpaired) electrons. The summed E-state index contributed by atoms with van der Waals surface area (Å²) in [5.41, 5.74) is 0.772. The average Bonchev–Trinajstić information content (AvgIpc) is 2.59. The van der Waals surface area contributed by atoms with Crippen LogP contribution < -0.4 is 0 Å². The molecule has 1 aliphatic heterocycles. The number of benzene rings is 1. The monoisotopic (exact) mass is 251 g/mol. The number of halogens is 1. The van der Waals surface area contributed by atoms with Crippen LogP contribution in [0, 0.1) is 0 Å². The van der Waals surface area contributed by atoms with E-state index in [1.54, 1.807) is 12.1 Å². The minimum Gasteiger partial charge on any atom is -0.293 e. The number of hydrogen-bond acceptors (Lipinski definition) is 2. The Morgan fingerprint density at radius 2 is 2.12 bits per heavy atom. The average molecular weight is 252 g/mol. The molecule has 92 valence electrons.